The molecule has 0 bridgehead atoms. The third-order valence-electron chi connectivity index (χ3n) is 8.21. The molecule has 1 N–H and O–H groups in total. The van der Waals surface area contributed by atoms with Crippen molar-refractivity contribution >= 4 is 31.0 Å². The van der Waals surface area contributed by atoms with E-state index in [1.54, 1.807) is 31.2 Å². The number of methoxy groups -OCH3 is 1. The minimum atomic E-state index is -2.21. The maximum absolute atomic E-state index is 13.9. The zero-order valence-electron chi connectivity index (χ0n) is 26.8. The van der Waals surface area contributed by atoms with E-state index in [4.69, 9.17) is 19.0 Å². The molecule has 47 heavy (non-hydrogen) atoms. The average Bonchev–Trinajstić information content (AvgIpc) is 3.48. The molecule has 4 atom stereocenters. The van der Waals surface area contributed by atoms with Gasteiger partial charge in [-0.2, -0.15) is 0 Å². The number of rotatable bonds is 9. The van der Waals surface area contributed by atoms with E-state index in [0.29, 0.717) is 5.56 Å². The number of hydrogen-bond donors (Lipinski definition) is 1. The van der Waals surface area contributed by atoms with Crippen LogP contribution in [0.25, 0.3) is 0 Å². The fraction of sp³-hybridized carbons (Fsp3) is 0.314. The summed E-state index contributed by atoms with van der Waals surface area (Å²) >= 11 is 0. The van der Waals surface area contributed by atoms with E-state index in [1.165, 1.54) is 17.9 Å². The van der Waals surface area contributed by atoms with Gasteiger partial charge >= 0.3 is 5.69 Å². The number of benzene rings is 3. The van der Waals surface area contributed by atoms with Gasteiger partial charge in [-0.15, -0.1) is 5.06 Å². The lowest BCUT2D eigenvalue weighted by atomic mass is 10.1. The monoisotopic (exact) mass is 654 g/mol. The van der Waals surface area contributed by atoms with Gasteiger partial charge in [-0.25, -0.2) is 4.79 Å². The van der Waals surface area contributed by atoms with Crippen LogP contribution in [0.3, 0.4) is 0 Å². The second kappa shape index (κ2) is 12.6. The molecular formula is C35H36N3O8Si. The number of carbonyl (C=O) groups excluding carboxylic acids is 2. The van der Waals surface area contributed by atoms with Crippen LogP contribution in [0.5, 0.6) is 0 Å². The Bertz CT molecular complexity index is 1830. The highest BCUT2D eigenvalue weighted by atomic mass is 28.3. The highest BCUT2D eigenvalue weighted by Gasteiger charge is 2.64. The van der Waals surface area contributed by atoms with Gasteiger partial charge in [-0.3, -0.25) is 28.8 Å². The van der Waals surface area contributed by atoms with E-state index in [1.807, 2.05) is 81.4 Å². The number of nitrogens with one attached hydrogen (secondary N) is 1. The molecular weight excluding hydrogens is 618 g/mol. The molecule has 2 aliphatic heterocycles. The zero-order chi connectivity index (χ0) is 33.5. The molecule has 3 heterocycles. The SMILES string of the molecule is CO[C@@H]1[C@H](OC(C)(C)C)[C@@H](CON2C(=O)c3ccccc3C2=O)O[C@]1(n1cc(C)c(=O)[nH]c1=O)[Si](c1ccccc1)c1ccccc1. The lowest BCUT2D eigenvalue weighted by Crippen LogP contribution is -2.69. The Morgan fingerprint density at radius 3 is 1.89 bits per heavy atom. The van der Waals surface area contributed by atoms with E-state index in [9.17, 15) is 19.2 Å². The number of fused-ring (bicyclic) bond motifs is 1. The third-order valence-corrected chi connectivity index (χ3v) is 11.4. The molecule has 6 rings (SSSR count). The molecule has 3 aromatic carbocycles. The van der Waals surface area contributed by atoms with Crippen molar-refractivity contribution in [3.63, 3.8) is 0 Å². The lowest BCUT2D eigenvalue weighted by molar-refractivity contribution is -0.164. The number of carbonyl (C=O) groups is 2. The minimum absolute atomic E-state index is 0.241. The van der Waals surface area contributed by atoms with Gasteiger partial charge in [0, 0.05) is 18.9 Å². The summed E-state index contributed by atoms with van der Waals surface area (Å²) in [6.45, 7) is 6.99. The van der Waals surface area contributed by atoms with Crippen LogP contribution in [0.1, 0.15) is 47.1 Å². The lowest BCUT2D eigenvalue weighted by Gasteiger charge is -2.42. The van der Waals surface area contributed by atoms with E-state index in [0.717, 1.165) is 15.4 Å². The summed E-state index contributed by atoms with van der Waals surface area (Å²) in [5.74, 6) is -1.17. The first-order valence-electron chi connectivity index (χ1n) is 15.3. The molecule has 12 heteroatoms. The quantitative estimate of drug-likeness (QED) is 0.215. The highest BCUT2D eigenvalue weighted by Crippen LogP contribution is 2.42. The fourth-order valence-corrected chi connectivity index (χ4v) is 9.76. The summed E-state index contributed by atoms with van der Waals surface area (Å²) in [5, 5.41) is 0.969. The summed E-state index contributed by atoms with van der Waals surface area (Å²) in [6, 6.07) is 25.9. The predicted octanol–water partition coefficient (Wildman–Crippen LogP) is 2.17. The first-order chi connectivity index (χ1) is 22.5. The molecule has 2 aliphatic rings. The van der Waals surface area contributed by atoms with Gasteiger partial charge < -0.3 is 14.2 Å². The first kappa shape index (κ1) is 32.5. The molecule has 0 spiro atoms. The van der Waals surface area contributed by atoms with Gasteiger partial charge in [0.1, 0.15) is 24.9 Å². The van der Waals surface area contributed by atoms with Gasteiger partial charge in [0.15, 0.2) is 14.1 Å². The van der Waals surface area contributed by atoms with Crippen LogP contribution in [0.15, 0.2) is 101 Å². The van der Waals surface area contributed by atoms with E-state index in [2.05, 4.69) is 4.98 Å². The van der Waals surface area contributed by atoms with Crippen molar-refractivity contribution < 1.29 is 28.6 Å². The number of aromatic nitrogens is 2. The van der Waals surface area contributed by atoms with Gasteiger partial charge in [0.2, 0.25) is 0 Å². The largest absolute Gasteiger partial charge is 0.374 e. The minimum Gasteiger partial charge on any atom is -0.374 e. The van der Waals surface area contributed by atoms with Crippen LogP contribution in [0, 0.1) is 6.92 Å². The molecule has 2 amide bonds. The standard InChI is InChI=1S/C35H36N3O8Si/c1-22-20-37(33(42)36-30(22)39)35(47(23-14-8-6-9-15-23)24-16-10-7-11-17-24)29(43-5)28(46-34(2,3)4)27(45-35)21-44-38-31(40)25-18-12-13-19-26(25)32(38)41/h6-20,27-29H,21H2,1-5H3,(H,36,39,42)/t27-,28-,29-,35+/m1/s1. The topological polar surface area (TPSA) is 129 Å². The fourth-order valence-electron chi connectivity index (χ4n) is 6.30. The van der Waals surface area contributed by atoms with Crippen molar-refractivity contribution in [2.45, 2.75) is 57.0 Å². The van der Waals surface area contributed by atoms with Crippen molar-refractivity contribution in [1.29, 1.82) is 0 Å². The van der Waals surface area contributed by atoms with E-state index >= 15 is 0 Å². The Hall–Kier alpha value is -4.46. The van der Waals surface area contributed by atoms with Crippen LogP contribution < -0.4 is 21.6 Å². The van der Waals surface area contributed by atoms with Crippen LogP contribution in [-0.4, -0.2) is 72.9 Å². The second-order valence-electron chi connectivity index (χ2n) is 12.5. The number of amides is 2. The van der Waals surface area contributed by atoms with E-state index in [-0.39, 0.29) is 17.7 Å². The number of H-pyrrole nitrogens is 1. The van der Waals surface area contributed by atoms with Crippen LogP contribution >= 0.6 is 0 Å². The summed E-state index contributed by atoms with van der Waals surface area (Å²) in [7, 11) is -0.689. The van der Waals surface area contributed by atoms with Gasteiger partial charge in [-0.05, 0) is 39.8 Å². The molecule has 1 aromatic heterocycles. The number of ether oxygens (including phenoxy) is 3. The first-order valence-corrected chi connectivity index (χ1v) is 16.8. The Balaban J connectivity index is 1.54. The number of aromatic amines is 1. The summed E-state index contributed by atoms with van der Waals surface area (Å²) in [5.41, 5.74) is -1.14. The van der Waals surface area contributed by atoms with Gasteiger partial charge in [0.25, 0.3) is 17.4 Å². The second-order valence-corrected chi connectivity index (χ2v) is 15.1. The Morgan fingerprint density at radius 1 is 0.851 bits per heavy atom. The molecule has 0 aliphatic carbocycles. The number of nitrogens with zero attached hydrogens (tertiary/aromatic N) is 2. The van der Waals surface area contributed by atoms with Crippen molar-refractivity contribution in [3.05, 3.63) is 129 Å². The predicted molar refractivity (Wildman–Crippen MR) is 175 cm³/mol. The van der Waals surface area contributed by atoms with Crippen molar-refractivity contribution in [2.24, 2.45) is 0 Å². The molecule has 4 aromatic rings. The van der Waals surface area contributed by atoms with Gasteiger partial charge in [0.05, 0.1) is 16.7 Å². The summed E-state index contributed by atoms with van der Waals surface area (Å²) < 4.78 is 21.5. The molecule has 0 saturated carbocycles. The Morgan fingerprint density at radius 2 is 1.38 bits per heavy atom. The molecule has 1 saturated heterocycles. The molecule has 1 radical (unpaired) electrons. The maximum atomic E-state index is 13.9. The Kier molecular flexibility index (Phi) is 8.72. The molecule has 11 nitrogen and oxygen atoms in total. The zero-order valence-corrected chi connectivity index (χ0v) is 27.8. The molecule has 1 fully saturated rings. The molecule has 0 unspecified atom stereocenters. The normalized spacial score (nSPS) is 22.7. The Labute approximate surface area is 273 Å². The smallest absolute Gasteiger partial charge is 0.330 e. The summed E-state index contributed by atoms with van der Waals surface area (Å²) in [6.07, 6.45) is -1.25. The van der Waals surface area contributed by atoms with Crippen LogP contribution in [0.2, 0.25) is 0 Å². The van der Waals surface area contributed by atoms with Crippen molar-refractivity contribution in [3.8, 4) is 0 Å². The highest BCUT2D eigenvalue weighted by molar-refractivity contribution is 6.86. The number of hydrogen-bond acceptors (Lipinski definition) is 8. The number of imide groups is 1. The van der Waals surface area contributed by atoms with Crippen molar-refractivity contribution in [1.82, 2.24) is 14.6 Å². The number of hydroxylamine groups is 2. The number of aryl methyl sites for hydroxylation is 1. The molecule has 243 valence electrons. The van der Waals surface area contributed by atoms with Crippen LogP contribution in [-0.2, 0) is 24.4 Å². The van der Waals surface area contributed by atoms with Crippen molar-refractivity contribution in [2.75, 3.05) is 13.7 Å². The maximum Gasteiger partial charge on any atom is 0.330 e. The summed E-state index contributed by atoms with van der Waals surface area (Å²) in [4.78, 5) is 61.4. The average molecular weight is 655 g/mol. The van der Waals surface area contributed by atoms with Crippen LogP contribution in [0.4, 0.5) is 0 Å². The third kappa shape index (κ3) is 5.83. The van der Waals surface area contributed by atoms with Gasteiger partial charge in [-0.1, -0.05) is 83.2 Å². The van der Waals surface area contributed by atoms with E-state index < -0.39 is 61.1 Å².